The summed E-state index contributed by atoms with van der Waals surface area (Å²) in [6.07, 6.45) is 3.80. The first kappa shape index (κ1) is 18.6. The number of carbonyl (C=O) groups excluding carboxylic acids is 1. The van der Waals surface area contributed by atoms with E-state index in [0.717, 1.165) is 28.9 Å². The smallest absolute Gasteiger partial charge is 0.258 e. The Hall–Kier alpha value is -3.74. The first-order chi connectivity index (χ1) is 13.9. The van der Waals surface area contributed by atoms with Crippen molar-refractivity contribution in [1.29, 1.82) is 0 Å². The lowest BCUT2D eigenvalue weighted by molar-refractivity contribution is 0.102. The predicted octanol–water partition coefficient (Wildman–Crippen LogP) is 4.85. The van der Waals surface area contributed by atoms with Crippen LogP contribution in [0.5, 0.6) is 5.75 Å². The topological polar surface area (TPSA) is 55.6 Å². The number of fused-ring (bicyclic) bond motifs is 1. The molecule has 0 aliphatic carbocycles. The van der Waals surface area contributed by atoms with E-state index >= 15 is 0 Å². The molecule has 2 heterocycles. The summed E-state index contributed by atoms with van der Waals surface area (Å²) < 4.78 is 34.2. The molecular weight excluding hydrogens is 376 g/mol. The number of ether oxygens (including phenoxy) is 1. The lowest BCUT2D eigenvalue weighted by atomic mass is 10.1. The third kappa shape index (κ3) is 3.67. The van der Waals surface area contributed by atoms with Gasteiger partial charge in [0.15, 0.2) is 0 Å². The number of nitrogens with zero attached hydrogens (tertiary/aromatic N) is 2. The molecule has 0 saturated carbocycles. The predicted molar refractivity (Wildman–Crippen MR) is 106 cm³/mol. The standard InChI is InChI=1S/C22H17F2N3O2/c1-13-7-8-27-12-19(25-21(27)9-13)14-3-6-20(29-2)18(10-14)26-22(28)16-5-4-15(23)11-17(16)24/h3-12H,1-2H3,(H,26,28). The van der Waals surface area contributed by atoms with Crippen LogP contribution >= 0.6 is 0 Å². The summed E-state index contributed by atoms with van der Waals surface area (Å²) in [5.41, 5.74) is 3.45. The first-order valence-corrected chi connectivity index (χ1v) is 8.85. The highest BCUT2D eigenvalue weighted by atomic mass is 19.1. The number of anilines is 1. The maximum Gasteiger partial charge on any atom is 0.258 e. The number of aryl methyl sites for hydroxylation is 1. The molecule has 7 heteroatoms. The molecule has 29 heavy (non-hydrogen) atoms. The summed E-state index contributed by atoms with van der Waals surface area (Å²) in [5, 5.41) is 2.63. The second-order valence-electron chi connectivity index (χ2n) is 6.59. The number of methoxy groups -OCH3 is 1. The Morgan fingerprint density at radius 3 is 2.69 bits per heavy atom. The molecule has 2 aromatic heterocycles. The minimum Gasteiger partial charge on any atom is -0.495 e. The van der Waals surface area contributed by atoms with Gasteiger partial charge in [-0.15, -0.1) is 0 Å². The molecule has 0 atom stereocenters. The number of amides is 1. The molecule has 0 radical (unpaired) electrons. The van der Waals surface area contributed by atoms with Gasteiger partial charge in [0.25, 0.3) is 5.91 Å². The van der Waals surface area contributed by atoms with Gasteiger partial charge in [0.05, 0.1) is 24.1 Å². The van der Waals surface area contributed by atoms with Crippen LogP contribution in [0.2, 0.25) is 0 Å². The molecule has 0 aliphatic rings. The van der Waals surface area contributed by atoms with Gasteiger partial charge in [0, 0.05) is 24.0 Å². The number of halogens is 2. The van der Waals surface area contributed by atoms with Crippen LogP contribution in [0.1, 0.15) is 15.9 Å². The lowest BCUT2D eigenvalue weighted by Gasteiger charge is -2.12. The van der Waals surface area contributed by atoms with Crippen LogP contribution < -0.4 is 10.1 Å². The molecule has 4 aromatic rings. The Kier molecular flexibility index (Phi) is 4.72. The quantitative estimate of drug-likeness (QED) is 0.539. The highest BCUT2D eigenvalue weighted by Crippen LogP contribution is 2.31. The second kappa shape index (κ2) is 7.35. The van der Waals surface area contributed by atoms with E-state index in [-0.39, 0.29) is 5.56 Å². The molecule has 0 saturated heterocycles. The molecule has 4 rings (SSSR count). The fraction of sp³-hybridized carbons (Fsp3) is 0.0909. The van der Waals surface area contributed by atoms with Gasteiger partial charge in [-0.25, -0.2) is 13.8 Å². The zero-order chi connectivity index (χ0) is 20.5. The largest absolute Gasteiger partial charge is 0.495 e. The van der Waals surface area contributed by atoms with Crippen molar-refractivity contribution >= 4 is 17.2 Å². The number of carbonyl (C=O) groups is 1. The van der Waals surface area contributed by atoms with Gasteiger partial charge >= 0.3 is 0 Å². The Morgan fingerprint density at radius 2 is 1.93 bits per heavy atom. The third-order valence-corrected chi connectivity index (χ3v) is 4.53. The van der Waals surface area contributed by atoms with Crippen molar-refractivity contribution < 1.29 is 18.3 Å². The van der Waals surface area contributed by atoms with E-state index in [1.165, 1.54) is 7.11 Å². The Bertz CT molecular complexity index is 1230. The number of nitrogens with one attached hydrogen (secondary N) is 1. The number of benzene rings is 2. The van der Waals surface area contributed by atoms with Crippen LogP contribution in [-0.4, -0.2) is 22.4 Å². The van der Waals surface area contributed by atoms with Crippen molar-refractivity contribution in [2.24, 2.45) is 0 Å². The molecular formula is C22H17F2N3O2. The molecule has 1 amide bonds. The number of aromatic nitrogens is 2. The molecule has 1 N–H and O–H groups in total. The molecule has 146 valence electrons. The summed E-state index contributed by atoms with van der Waals surface area (Å²) in [6.45, 7) is 1.99. The van der Waals surface area contributed by atoms with Crippen LogP contribution in [0.3, 0.4) is 0 Å². The van der Waals surface area contributed by atoms with Gasteiger partial charge in [-0.1, -0.05) is 0 Å². The van der Waals surface area contributed by atoms with E-state index in [2.05, 4.69) is 10.3 Å². The highest BCUT2D eigenvalue weighted by molar-refractivity contribution is 6.05. The molecule has 0 aliphatic heterocycles. The fourth-order valence-corrected chi connectivity index (χ4v) is 3.05. The summed E-state index contributed by atoms with van der Waals surface area (Å²) >= 11 is 0. The van der Waals surface area contributed by atoms with Crippen molar-refractivity contribution in [3.05, 3.63) is 83.7 Å². The van der Waals surface area contributed by atoms with Crippen LogP contribution in [0, 0.1) is 18.6 Å². The van der Waals surface area contributed by atoms with E-state index in [9.17, 15) is 13.6 Å². The average Bonchev–Trinajstić information content (AvgIpc) is 3.11. The van der Waals surface area contributed by atoms with Crippen LogP contribution in [0.4, 0.5) is 14.5 Å². The van der Waals surface area contributed by atoms with Gasteiger partial charge in [0.1, 0.15) is 23.0 Å². The molecule has 0 bridgehead atoms. The Morgan fingerprint density at radius 1 is 1.10 bits per heavy atom. The van der Waals surface area contributed by atoms with Crippen molar-refractivity contribution in [3.63, 3.8) is 0 Å². The molecule has 5 nitrogen and oxygen atoms in total. The number of pyridine rings is 1. The van der Waals surface area contributed by atoms with Gasteiger partial charge in [-0.2, -0.15) is 0 Å². The van der Waals surface area contributed by atoms with Crippen molar-refractivity contribution in [3.8, 4) is 17.0 Å². The van der Waals surface area contributed by atoms with Gasteiger partial charge in [0.2, 0.25) is 0 Å². The summed E-state index contributed by atoms with van der Waals surface area (Å²) in [6, 6.07) is 12.0. The summed E-state index contributed by atoms with van der Waals surface area (Å²) in [4.78, 5) is 17.1. The Balaban J connectivity index is 1.70. The first-order valence-electron chi connectivity index (χ1n) is 8.85. The van der Waals surface area contributed by atoms with E-state index in [0.29, 0.717) is 23.2 Å². The number of hydrogen-bond donors (Lipinski definition) is 1. The third-order valence-electron chi connectivity index (χ3n) is 4.53. The van der Waals surface area contributed by atoms with E-state index in [1.54, 1.807) is 12.1 Å². The zero-order valence-electron chi connectivity index (χ0n) is 15.7. The van der Waals surface area contributed by atoms with Crippen LogP contribution in [0.15, 0.2) is 60.9 Å². The number of rotatable bonds is 4. The maximum atomic E-state index is 13.9. The van der Waals surface area contributed by atoms with Crippen molar-refractivity contribution in [2.45, 2.75) is 6.92 Å². The summed E-state index contributed by atoms with van der Waals surface area (Å²) in [5.74, 6) is -1.98. The number of imidazole rings is 1. The van der Waals surface area contributed by atoms with Gasteiger partial charge in [-0.05, 0) is 55.0 Å². The fourth-order valence-electron chi connectivity index (χ4n) is 3.05. The highest BCUT2D eigenvalue weighted by Gasteiger charge is 2.16. The zero-order valence-corrected chi connectivity index (χ0v) is 15.7. The van der Waals surface area contributed by atoms with Gasteiger partial charge in [-0.3, -0.25) is 4.79 Å². The van der Waals surface area contributed by atoms with Crippen molar-refractivity contribution in [1.82, 2.24) is 9.38 Å². The van der Waals surface area contributed by atoms with E-state index in [4.69, 9.17) is 4.74 Å². The molecule has 0 spiro atoms. The van der Waals surface area contributed by atoms with E-state index < -0.39 is 17.5 Å². The summed E-state index contributed by atoms with van der Waals surface area (Å²) in [7, 11) is 1.47. The molecule has 0 unspecified atom stereocenters. The van der Waals surface area contributed by atoms with Crippen molar-refractivity contribution in [2.75, 3.05) is 12.4 Å². The second-order valence-corrected chi connectivity index (χ2v) is 6.59. The lowest BCUT2D eigenvalue weighted by Crippen LogP contribution is -2.14. The van der Waals surface area contributed by atoms with Crippen LogP contribution in [-0.2, 0) is 0 Å². The van der Waals surface area contributed by atoms with Crippen LogP contribution in [0.25, 0.3) is 16.9 Å². The number of hydrogen-bond acceptors (Lipinski definition) is 3. The minimum absolute atomic E-state index is 0.262. The van der Waals surface area contributed by atoms with Gasteiger partial charge < -0.3 is 14.5 Å². The maximum absolute atomic E-state index is 13.9. The Labute approximate surface area is 165 Å². The molecule has 2 aromatic carbocycles. The molecule has 0 fully saturated rings. The minimum atomic E-state index is -0.937. The normalized spacial score (nSPS) is 10.9. The SMILES string of the molecule is COc1ccc(-c2cn3ccc(C)cc3n2)cc1NC(=O)c1ccc(F)cc1F. The van der Waals surface area contributed by atoms with E-state index in [1.807, 2.05) is 41.9 Å². The average molecular weight is 393 g/mol. The monoisotopic (exact) mass is 393 g/mol.